The van der Waals surface area contributed by atoms with Gasteiger partial charge in [0.05, 0.1) is 6.61 Å². The van der Waals surface area contributed by atoms with Crippen LogP contribution in [0, 0.1) is 0 Å². The van der Waals surface area contributed by atoms with E-state index in [0.29, 0.717) is 19.2 Å². The van der Waals surface area contributed by atoms with Crippen molar-refractivity contribution in [1.29, 1.82) is 0 Å². The van der Waals surface area contributed by atoms with E-state index in [-0.39, 0.29) is 6.04 Å². The van der Waals surface area contributed by atoms with Gasteiger partial charge in [0, 0.05) is 42.7 Å². The fraction of sp³-hybridized carbons (Fsp3) is 0.241. The topological polar surface area (TPSA) is 47.5 Å². The third kappa shape index (κ3) is 5.10. The van der Waals surface area contributed by atoms with Crippen molar-refractivity contribution in [2.24, 2.45) is 0 Å². The second-order valence-corrected chi connectivity index (χ2v) is 8.51. The van der Waals surface area contributed by atoms with Gasteiger partial charge in [0.2, 0.25) is 0 Å². The summed E-state index contributed by atoms with van der Waals surface area (Å²) in [5.74, 6) is 0.946. The Kier molecular flexibility index (Phi) is 6.82. The number of benzene rings is 3. The fourth-order valence-corrected chi connectivity index (χ4v) is 4.51. The minimum atomic E-state index is 0.248. The van der Waals surface area contributed by atoms with E-state index in [4.69, 9.17) is 9.47 Å². The van der Waals surface area contributed by atoms with Gasteiger partial charge in [0.25, 0.3) is 0 Å². The van der Waals surface area contributed by atoms with E-state index in [9.17, 15) is 0 Å². The first-order valence-electron chi connectivity index (χ1n) is 11.8. The summed E-state index contributed by atoms with van der Waals surface area (Å²) in [5.41, 5.74) is 5.90. The van der Waals surface area contributed by atoms with Crippen molar-refractivity contribution in [2.45, 2.75) is 32.5 Å². The van der Waals surface area contributed by atoms with E-state index in [0.717, 1.165) is 36.4 Å². The molecule has 2 heterocycles. The summed E-state index contributed by atoms with van der Waals surface area (Å²) in [6, 6.07) is 28.2. The van der Waals surface area contributed by atoms with Gasteiger partial charge in [0.15, 0.2) is 0 Å². The van der Waals surface area contributed by atoms with Crippen molar-refractivity contribution in [3.05, 3.63) is 108 Å². The highest BCUT2D eigenvalue weighted by atomic mass is 16.5. The Bertz CT molecular complexity index is 1160. The molecule has 0 N–H and O–H groups in total. The maximum atomic E-state index is 6.31. The third-order valence-electron chi connectivity index (χ3n) is 6.19. The SMILES string of the molecule is CCOc1ncc(-c2cccc3c2C[C@H](N(Cc2ccccc2)Cc2ccccc2)CO3)cn1. The van der Waals surface area contributed by atoms with E-state index < -0.39 is 0 Å². The van der Waals surface area contributed by atoms with Gasteiger partial charge in [-0.05, 0) is 36.1 Å². The van der Waals surface area contributed by atoms with Crippen LogP contribution in [0.4, 0.5) is 0 Å². The summed E-state index contributed by atoms with van der Waals surface area (Å²) >= 11 is 0. The molecule has 5 nitrogen and oxygen atoms in total. The van der Waals surface area contributed by atoms with Crippen LogP contribution in [-0.2, 0) is 19.5 Å². The summed E-state index contributed by atoms with van der Waals surface area (Å²) < 4.78 is 11.7. The van der Waals surface area contributed by atoms with Crippen LogP contribution in [0.2, 0.25) is 0 Å². The molecule has 1 aliphatic rings. The lowest BCUT2D eigenvalue weighted by Crippen LogP contribution is -2.42. The second-order valence-electron chi connectivity index (χ2n) is 8.51. The average molecular weight is 452 g/mol. The number of ether oxygens (including phenoxy) is 2. The molecule has 1 atom stereocenters. The minimum absolute atomic E-state index is 0.248. The van der Waals surface area contributed by atoms with Crippen LogP contribution < -0.4 is 9.47 Å². The smallest absolute Gasteiger partial charge is 0.316 e. The molecule has 5 heteroatoms. The maximum Gasteiger partial charge on any atom is 0.316 e. The van der Waals surface area contributed by atoms with Gasteiger partial charge in [-0.25, -0.2) is 9.97 Å². The van der Waals surface area contributed by atoms with Gasteiger partial charge in [0.1, 0.15) is 12.4 Å². The minimum Gasteiger partial charge on any atom is -0.492 e. The molecule has 1 aliphatic heterocycles. The molecule has 0 spiro atoms. The lowest BCUT2D eigenvalue weighted by atomic mass is 9.93. The zero-order chi connectivity index (χ0) is 23.2. The van der Waals surface area contributed by atoms with Gasteiger partial charge < -0.3 is 9.47 Å². The van der Waals surface area contributed by atoms with Gasteiger partial charge in [-0.15, -0.1) is 0 Å². The molecule has 0 amide bonds. The molecule has 0 fully saturated rings. The first-order valence-corrected chi connectivity index (χ1v) is 11.8. The lowest BCUT2D eigenvalue weighted by molar-refractivity contribution is 0.106. The van der Waals surface area contributed by atoms with Crippen molar-refractivity contribution < 1.29 is 9.47 Å². The predicted molar refractivity (Wildman–Crippen MR) is 134 cm³/mol. The normalized spacial score (nSPS) is 14.9. The molecule has 4 aromatic rings. The largest absolute Gasteiger partial charge is 0.492 e. The Morgan fingerprint density at radius 1 is 0.853 bits per heavy atom. The molecular weight excluding hydrogens is 422 g/mol. The number of hydrogen-bond donors (Lipinski definition) is 0. The first kappa shape index (κ1) is 22.1. The van der Waals surface area contributed by atoms with Crippen LogP contribution in [0.1, 0.15) is 23.6 Å². The monoisotopic (exact) mass is 451 g/mol. The van der Waals surface area contributed by atoms with E-state index in [1.165, 1.54) is 16.7 Å². The Balaban J connectivity index is 1.43. The highest BCUT2D eigenvalue weighted by Crippen LogP contribution is 2.35. The van der Waals surface area contributed by atoms with Crippen LogP contribution in [0.15, 0.2) is 91.3 Å². The van der Waals surface area contributed by atoms with Gasteiger partial charge in [-0.1, -0.05) is 72.8 Å². The highest BCUT2D eigenvalue weighted by Gasteiger charge is 2.28. The van der Waals surface area contributed by atoms with Gasteiger partial charge in [-0.3, -0.25) is 4.90 Å². The average Bonchev–Trinajstić information content (AvgIpc) is 2.90. The van der Waals surface area contributed by atoms with Crippen LogP contribution in [0.25, 0.3) is 11.1 Å². The summed E-state index contributed by atoms with van der Waals surface area (Å²) in [6.45, 7) is 4.88. The number of hydrogen-bond acceptors (Lipinski definition) is 5. The van der Waals surface area contributed by atoms with Crippen LogP contribution >= 0.6 is 0 Å². The number of nitrogens with zero attached hydrogens (tertiary/aromatic N) is 3. The van der Waals surface area contributed by atoms with Crippen LogP contribution in [0.3, 0.4) is 0 Å². The predicted octanol–water partition coefficient (Wildman–Crippen LogP) is 5.55. The summed E-state index contributed by atoms with van der Waals surface area (Å²) in [7, 11) is 0. The highest BCUT2D eigenvalue weighted by molar-refractivity contribution is 5.69. The number of fused-ring (bicyclic) bond motifs is 1. The lowest BCUT2D eigenvalue weighted by Gasteiger charge is -2.36. The molecule has 172 valence electrons. The van der Waals surface area contributed by atoms with Crippen molar-refractivity contribution in [2.75, 3.05) is 13.2 Å². The van der Waals surface area contributed by atoms with E-state index in [1.54, 1.807) is 0 Å². The molecule has 0 unspecified atom stereocenters. The quantitative estimate of drug-likeness (QED) is 0.352. The number of aromatic nitrogens is 2. The Morgan fingerprint density at radius 3 is 2.12 bits per heavy atom. The molecule has 34 heavy (non-hydrogen) atoms. The van der Waals surface area contributed by atoms with Crippen molar-refractivity contribution in [1.82, 2.24) is 14.9 Å². The summed E-state index contributed by atoms with van der Waals surface area (Å²) in [4.78, 5) is 11.3. The molecule has 1 aromatic heterocycles. The van der Waals surface area contributed by atoms with Crippen LogP contribution in [-0.4, -0.2) is 34.1 Å². The fourth-order valence-electron chi connectivity index (χ4n) is 4.51. The van der Waals surface area contributed by atoms with E-state index in [1.807, 2.05) is 25.4 Å². The summed E-state index contributed by atoms with van der Waals surface area (Å²) in [6.07, 6.45) is 4.57. The van der Waals surface area contributed by atoms with Crippen molar-refractivity contribution >= 4 is 0 Å². The molecule has 0 saturated carbocycles. The maximum absolute atomic E-state index is 6.31. The molecule has 0 radical (unpaired) electrons. The molecule has 0 saturated heterocycles. The molecule has 5 rings (SSSR count). The van der Waals surface area contributed by atoms with Gasteiger partial charge in [-0.2, -0.15) is 0 Å². The standard InChI is InChI=1S/C29H29N3O2/c1-2-33-29-30-17-24(18-31-29)26-14-9-15-28-27(26)16-25(21-34-28)32(19-22-10-5-3-6-11-22)20-23-12-7-4-8-13-23/h3-15,17-18,25H,2,16,19-21H2,1H3/t25-/m0/s1. The first-order chi connectivity index (χ1) is 16.8. The molecular formula is C29H29N3O2. The zero-order valence-corrected chi connectivity index (χ0v) is 19.4. The Morgan fingerprint density at radius 2 is 1.50 bits per heavy atom. The second kappa shape index (κ2) is 10.5. The van der Waals surface area contributed by atoms with E-state index >= 15 is 0 Å². The Labute approximate surface area is 201 Å². The zero-order valence-electron chi connectivity index (χ0n) is 19.4. The van der Waals surface area contributed by atoms with Crippen molar-refractivity contribution in [3.8, 4) is 22.9 Å². The van der Waals surface area contributed by atoms with Crippen molar-refractivity contribution in [3.63, 3.8) is 0 Å². The molecule has 0 bridgehead atoms. The number of rotatable bonds is 8. The third-order valence-corrected chi connectivity index (χ3v) is 6.19. The van der Waals surface area contributed by atoms with Gasteiger partial charge >= 0.3 is 6.01 Å². The van der Waals surface area contributed by atoms with E-state index in [2.05, 4.69) is 87.7 Å². The summed E-state index contributed by atoms with van der Waals surface area (Å²) in [5, 5.41) is 0. The molecule has 3 aromatic carbocycles. The van der Waals surface area contributed by atoms with Crippen LogP contribution in [0.5, 0.6) is 11.8 Å². The Hall–Kier alpha value is -3.70. The molecule has 0 aliphatic carbocycles.